The second-order valence-corrected chi connectivity index (χ2v) is 9.03. The Kier molecular flexibility index (Phi) is 5.83. The Bertz CT molecular complexity index is 1420. The number of fused-ring (bicyclic) bond motifs is 2. The van der Waals surface area contributed by atoms with E-state index in [0.29, 0.717) is 0 Å². The highest BCUT2D eigenvalue weighted by atomic mass is 32.2. The lowest BCUT2D eigenvalue weighted by Crippen LogP contribution is -2.14. The number of nitrogens with zero attached hydrogens (tertiary/aromatic N) is 3. The molecule has 0 fully saturated rings. The molecule has 2 aromatic heterocycles. The lowest BCUT2D eigenvalue weighted by Gasteiger charge is -2.06. The summed E-state index contributed by atoms with van der Waals surface area (Å²) in [6, 6.07) is 24.4. The van der Waals surface area contributed by atoms with Crippen LogP contribution in [0.15, 0.2) is 95.1 Å². The van der Waals surface area contributed by atoms with Gasteiger partial charge in [-0.3, -0.25) is 4.79 Å². The van der Waals surface area contributed by atoms with Gasteiger partial charge < -0.3 is 5.32 Å². The van der Waals surface area contributed by atoms with Crippen LogP contribution >= 0.6 is 23.5 Å². The number of rotatable bonds is 6. The van der Waals surface area contributed by atoms with Gasteiger partial charge in [0.25, 0.3) is 0 Å². The van der Waals surface area contributed by atoms with Gasteiger partial charge in [-0.1, -0.05) is 60.3 Å². The molecule has 0 atom stereocenters. The van der Waals surface area contributed by atoms with Gasteiger partial charge in [-0.15, -0.1) is 11.8 Å². The molecule has 32 heavy (non-hydrogen) atoms. The first-order chi connectivity index (χ1) is 15.7. The molecule has 0 bridgehead atoms. The van der Waals surface area contributed by atoms with E-state index in [1.807, 2.05) is 65.5 Å². The van der Waals surface area contributed by atoms with Gasteiger partial charge in [-0.05, 0) is 41.3 Å². The molecule has 5 rings (SSSR count). The molecule has 5 nitrogen and oxygen atoms in total. The van der Waals surface area contributed by atoms with Crippen LogP contribution in [0, 0.1) is 0 Å². The summed E-state index contributed by atoms with van der Waals surface area (Å²) in [5, 5.41) is 10.8. The molecule has 0 saturated heterocycles. The smallest absolute Gasteiger partial charge is 0.234 e. The van der Waals surface area contributed by atoms with Crippen LogP contribution in [-0.2, 0) is 4.79 Å². The normalized spacial score (nSPS) is 11.2. The van der Waals surface area contributed by atoms with Crippen molar-refractivity contribution in [2.24, 2.45) is 0 Å². The third-order valence-electron chi connectivity index (χ3n) is 5.11. The van der Waals surface area contributed by atoms with Crippen LogP contribution in [-0.4, -0.2) is 32.5 Å². The van der Waals surface area contributed by atoms with E-state index in [1.54, 1.807) is 18.0 Å². The Morgan fingerprint density at radius 3 is 2.78 bits per heavy atom. The summed E-state index contributed by atoms with van der Waals surface area (Å²) in [5.74, 6) is 0.205. The van der Waals surface area contributed by atoms with E-state index < -0.39 is 0 Å². The van der Waals surface area contributed by atoms with E-state index in [2.05, 4.69) is 34.6 Å². The molecule has 158 valence electrons. The van der Waals surface area contributed by atoms with Crippen molar-refractivity contribution in [2.45, 2.75) is 9.92 Å². The Morgan fingerprint density at radius 1 is 1.03 bits per heavy atom. The molecule has 0 aliphatic rings. The quantitative estimate of drug-likeness (QED) is 0.318. The van der Waals surface area contributed by atoms with Crippen molar-refractivity contribution in [2.75, 3.05) is 17.3 Å². The number of aromatic nitrogens is 3. The summed E-state index contributed by atoms with van der Waals surface area (Å²) in [6.07, 6.45) is 5.57. The largest absolute Gasteiger partial charge is 0.325 e. The number of hydrogen-bond donors (Lipinski definition) is 1. The number of hydrogen-bond acceptors (Lipinski definition) is 5. The fourth-order valence-electron chi connectivity index (χ4n) is 3.62. The monoisotopic (exact) mass is 456 g/mol. The Balaban J connectivity index is 1.38. The maximum atomic E-state index is 12.5. The molecular weight excluding hydrogens is 436 g/mol. The number of amides is 1. The van der Waals surface area contributed by atoms with Gasteiger partial charge in [-0.25, -0.2) is 9.50 Å². The van der Waals surface area contributed by atoms with E-state index in [9.17, 15) is 4.79 Å². The van der Waals surface area contributed by atoms with Crippen molar-refractivity contribution >= 4 is 51.4 Å². The fourth-order valence-corrected chi connectivity index (χ4v) is 4.86. The summed E-state index contributed by atoms with van der Waals surface area (Å²) in [7, 11) is 0. The first kappa shape index (κ1) is 20.6. The molecule has 0 radical (unpaired) electrons. The van der Waals surface area contributed by atoms with Crippen LogP contribution in [0.4, 0.5) is 5.69 Å². The molecule has 7 heteroatoms. The van der Waals surface area contributed by atoms with Gasteiger partial charge in [0.05, 0.1) is 17.0 Å². The predicted octanol–water partition coefficient (Wildman–Crippen LogP) is 6.00. The van der Waals surface area contributed by atoms with E-state index in [-0.39, 0.29) is 11.7 Å². The highest BCUT2D eigenvalue weighted by Gasteiger charge is 2.13. The summed E-state index contributed by atoms with van der Waals surface area (Å²) < 4.78 is 1.83. The Hall–Kier alpha value is -3.29. The van der Waals surface area contributed by atoms with Crippen LogP contribution in [0.5, 0.6) is 0 Å². The van der Waals surface area contributed by atoms with Crippen LogP contribution < -0.4 is 5.32 Å². The molecule has 3 aromatic carbocycles. The Labute approximate surface area is 194 Å². The Morgan fingerprint density at radius 2 is 1.88 bits per heavy atom. The van der Waals surface area contributed by atoms with Crippen LogP contribution in [0.3, 0.4) is 0 Å². The molecule has 1 amide bonds. The number of anilines is 1. The first-order valence-electron chi connectivity index (χ1n) is 10.1. The van der Waals surface area contributed by atoms with Crippen molar-refractivity contribution in [3.05, 3.63) is 85.2 Å². The van der Waals surface area contributed by atoms with E-state index in [1.165, 1.54) is 17.1 Å². The van der Waals surface area contributed by atoms with E-state index >= 15 is 0 Å². The second kappa shape index (κ2) is 9.06. The van der Waals surface area contributed by atoms with Crippen molar-refractivity contribution in [3.8, 4) is 11.3 Å². The molecule has 0 saturated carbocycles. The first-order valence-corrected chi connectivity index (χ1v) is 12.3. The summed E-state index contributed by atoms with van der Waals surface area (Å²) in [6.45, 7) is 0. The van der Waals surface area contributed by atoms with Gasteiger partial charge >= 0.3 is 0 Å². The fraction of sp³-hybridized carbons (Fsp3) is 0.0800. The number of benzene rings is 3. The van der Waals surface area contributed by atoms with Gasteiger partial charge in [-0.2, -0.15) is 5.10 Å². The van der Waals surface area contributed by atoms with Crippen LogP contribution in [0.2, 0.25) is 0 Å². The summed E-state index contributed by atoms with van der Waals surface area (Å²) >= 11 is 3.06. The number of carbonyl (C=O) groups is 1. The number of nitrogens with one attached hydrogen (secondary N) is 1. The summed E-state index contributed by atoms with van der Waals surface area (Å²) in [4.78, 5) is 18.1. The van der Waals surface area contributed by atoms with Gasteiger partial charge in [0.1, 0.15) is 5.03 Å². The van der Waals surface area contributed by atoms with Crippen molar-refractivity contribution in [3.63, 3.8) is 0 Å². The maximum absolute atomic E-state index is 12.5. The van der Waals surface area contributed by atoms with Crippen molar-refractivity contribution in [1.82, 2.24) is 14.6 Å². The molecule has 0 unspecified atom stereocenters. The van der Waals surface area contributed by atoms with Crippen molar-refractivity contribution in [1.29, 1.82) is 0 Å². The molecule has 5 aromatic rings. The number of thioether (sulfide) groups is 2. The molecule has 2 heterocycles. The van der Waals surface area contributed by atoms with Gasteiger partial charge in [0, 0.05) is 28.5 Å². The molecular formula is C25H20N4OS2. The lowest BCUT2D eigenvalue weighted by atomic mass is 10.0. The average Bonchev–Trinajstić information content (AvgIpc) is 3.27. The number of carbonyl (C=O) groups excluding carboxylic acids is 1. The van der Waals surface area contributed by atoms with Gasteiger partial charge in [0.2, 0.25) is 5.91 Å². The maximum Gasteiger partial charge on any atom is 0.234 e. The topological polar surface area (TPSA) is 59.3 Å². The molecule has 0 aliphatic heterocycles. The minimum absolute atomic E-state index is 0.0640. The minimum atomic E-state index is -0.0640. The lowest BCUT2D eigenvalue weighted by molar-refractivity contribution is -0.113. The average molecular weight is 457 g/mol. The third kappa shape index (κ3) is 4.22. The van der Waals surface area contributed by atoms with Crippen LogP contribution in [0.1, 0.15) is 0 Å². The zero-order valence-electron chi connectivity index (χ0n) is 17.4. The highest BCUT2D eigenvalue weighted by molar-refractivity contribution is 8.00. The van der Waals surface area contributed by atoms with Crippen molar-refractivity contribution < 1.29 is 4.79 Å². The zero-order chi connectivity index (χ0) is 21.9. The highest BCUT2D eigenvalue weighted by Crippen LogP contribution is 2.30. The second-order valence-electron chi connectivity index (χ2n) is 7.19. The zero-order valence-corrected chi connectivity index (χ0v) is 19.0. The minimum Gasteiger partial charge on any atom is -0.325 e. The van der Waals surface area contributed by atoms with E-state index in [0.717, 1.165) is 37.8 Å². The molecule has 0 spiro atoms. The van der Waals surface area contributed by atoms with Crippen LogP contribution in [0.25, 0.3) is 27.5 Å². The summed E-state index contributed by atoms with van der Waals surface area (Å²) in [5.41, 5.74) is 3.65. The molecule has 0 aliphatic carbocycles. The van der Waals surface area contributed by atoms with E-state index in [4.69, 9.17) is 5.10 Å². The standard InChI is InChI=1S/C25H20N4OS2/c1-31-19-9-5-8-18(14-19)27-24(30)16-32-25-23-15-22(28-29(23)13-12-26-25)21-11-4-7-17-6-2-3-10-20(17)21/h2-15H,16H2,1H3,(H,27,30). The third-order valence-corrected chi connectivity index (χ3v) is 6.83. The van der Waals surface area contributed by atoms with Gasteiger partial charge in [0.15, 0.2) is 0 Å². The SMILES string of the molecule is CSc1cccc(NC(=O)CSc2nccn3nc(-c4cccc5ccccc45)cc23)c1. The predicted molar refractivity (Wildman–Crippen MR) is 134 cm³/mol. The molecule has 1 N–H and O–H groups in total.